The van der Waals surface area contributed by atoms with Gasteiger partial charge in [-0.1, -0.05) is 28.1 Å². The first-order chi connectivity index (χ1) is 9.86. The molecule has 2 rings (SSSR count). The first kappa shape index (κ1) is 15.8. The number of hydrogen-bond donors (Lipinski definition) is 1. The molecule has 0 aliphatic carbocycles. The van der Waals surface area contributed by atoms with Crippen LogP contribution in [0.3, 0.4) is 0 Å². The first-order valence-electron chi connectivity index (χ1n) is 6.21. The van der Waals surface area contributed by atoms with E-state index in [0.717, 1.165) is 11.6 Å². The van der Waals surface area contributed by atoms with Crippen LogP contribution in [0, 0.1) is 5.82 Å². The van der Waals surface area contributed by atoms with Crippen molar-refractivity contribution < 1.29 is 17.6 Å². The van der Waals surface area contributed by atoms with Crippen LogP contribution in [0.5, 0.6) is 0 Å². The Labute approximate surface area is 128 Å². The molecular weight excluding hydrogens is 350 g/mol. The summed E-state index contributed by atoms with van der Waals surface area (Å²) >= 11 is 3.15. The average Bonchev–Trinajstić information content (AvgIpc) is 2.37. The van der Waals surface area contributed by atoms with Crippen molar-refractivity contribution in [3.8, 4) is 0 Å². The fourth-order valence-corrected chi connectivity index (χ4v) is 2.30. The quantitative estimate of drug-likeness (QED) is 0.732. The molecule has 0 aliphatic rings. The summed E-state index contributed by atoms with van der Waals surface area (Å²) in [6, 6.07) is 9.76. The zero-order valence-corrected chi connectivity index (χ0v) is 12.4. The minimum Gasteiger partial charge on any atom is -0.384 e. The number of anilines is 1. The molecule has 0 spiro atoms. The van der Waals surface area contributed by atoms with Gasteiger partial charge in [-0.2, -0.15) is 13.2 Å². The van der Waals surface area contributed by atoms with Crippen LogP contribution in [0.15, 0.2) is 46.9 Å². The molecule has 1 nitrogen and oxygen atoms in total. The Bertz CT molecular complexity index is 625. The van der Waals surface area contributed by atoms with Crippen LogP contribution in [-0.2, 0) is 12.6 Å². The summed E-state index contributed by atoms with van der Waals surface area (Å²) in [6.45, 7) is 0.281. The Morgan fingerprint density at radius 2 is 1.81 bits per heavy atom. The molecule has 6 heteroatoms. The zero-order chi connectivity index (χ0) is 15.5. The number of hydrogen-bond acceptors (Lipinski definition) is 1. The van der Waals surface area contributed by atoms with Crippen molar-refractivity contribution in [3.05, 3.63) is 63.9 Å². The number of alkyl halides is 3. The SMILES string of the molecule is Fc1cccc(CCNc2cc(Br)ccc2C(F)(F)F)c1. The Hall–Kier alpha value is -1.56. The second kappa shape index (κ2) is 6.47. The smallest absolute Gasteiger partial charge is 0.384 e. The summed E-state index contributed by atoms with van der Waals surface area (Å²) in [4.78, 5) is 0. The van der Waals surface area contributed by atoms with E-state index in [4.69, 9.17) is 0 Å². The predicted molar refractivity (Wildman–Crippen MR) is 77.7 cm³/mol. The van der Waals surface area contributed by atoms with Crippen molar-refractivity contribution in [1.82, 2.24) is 0 Å². The molecule has 0 atom stereocenters. The van der Waals surface area contributed by atoms with Gasteiger partial charge in [0.1, 0.15) is 5.82 Å². The van der Waals surface area contributed by atoms with Crippen molar-refractivity contribution in [2.24, 2.45) is 0 Å². The lowest BCUT2D eigenvalue weighted by atomic mass is 10.1. The topological polar surface area (TPSA) is 12.0 Å². The highest BCUT2D eigenvalue weighted by Crippen LogP contribution is 2.36. The molecule has 0 saturated heterocycles. The summed E-state index contributed by atoms with van der Waals surface area (Å²) in [5.41, 5.74) is 0.0178. The summed E-state index contributed by atoms with van der Waals surface area (Å²) in [5, 5.41) is 2.76. The Morgan fingerprint density at radius 3 is 2.48 bits per heavy atom. The monoisotopic (exact) mass is 361 g/mol. The van der Waals surface area contributed by atoms with Crippen LogP contribution in [0.2, 0.25) is 0 Å². The number of nitrogens with one attached hydrogen (secondary N) is 1. The predicted octanol–water partition coefficient (Wildman–Crippen LogP) is 5.26. The van der Waals surface area contributed by atoms with Gasteiger partial charge in [0.25, 0.3) is 0 Å². The van der Waals surface area contributed by atoms with Crippen LogP contribution in [0.25, 0.3) is 0 Å². The molecule has 0 heterocycles. The van der Waals surface area contributed by atoms with Gasteiger partial charge in [-0.05, 0) is 42.3 Å². The third kappa shape index (κ3) is 4.46. The van der Waals surface area contributed by atoms with Gasteiger partial charge in [-0.3, -0.25) is 0 Å². The summed E-state index contributed by atoms with van der Waals surface area (Å²) in [7, 11) is 0. The van der Waals surface area contributed by atoms with Gasteiger partial charge in [-0.15, -0.1) is 0 Å². The molecule has 2 aromatic rings. The van der Waals surface area contributed by atoms with Crippen molar-refractivity contribution in [1.29, 1.82) is 0 Å². The third-order valence-electron chi connectivity index (χ3n) is 2.91. The van der Waals surface area contributed by atoms with Crippen LogP contribution < -0.4 is 5.32 Å². The molecule has 0 bridgehead atoms. The first-order valence-corrected chi connectivity index (χ1v) is 7.00. The minimum absolute atomic E-state index is 0.00766. The van der Waals surface area contributed by atoms with E-state index in [1.54, 1.807) is 12.1 Å². The zero-order valence-electron chi connectivity index (χ0n) is 10.8. The molecule has 0 aromatic heterocycles. The normalized spacial score (nSPS) is 11.5. The molecule has 2 aromatic carbocycles. The van der Waals surface area contributed by atoms with Gasteiger partial charge in [0.05, 0.1) is 5.56 Å². The van der Waals surface area contributed by atoms with Gasteiger partial charge in [0.2, 0.25) is 0 Å². The molecule has 1 N–H and O–H groups in total. The minimum atomic E-state index is -4.41. The van der Waals surface area contributed by atoms with Gasteiger partial charge < -0.3 is 5.32 Å². The van der Waals surface area contributed by atoms with E-state index in [1.807, 2.05) is 0 Å². The van der Waals surface area contributed by atoms with Crippen LogP contribution in [-0.4, -0.2) is 6.54 Å². The second-order valence-corrected chi connectivity index (χ2v) is 5.41. The maximum atomic E-state index is 13.0. The lowest BCUT2D eigenvalue weighted by Crippen LogP contribution is -2.12. The van der Waals surface area contributed by atoms with E-state index >= 15 is 0 Å². The molecule has 0 amide bonds. The maximum absolute atomic E-state index is 13.0. The van der Waals surface area contributed by atoms with E-state index in [1.165, 1.54) is 24.3 Å². The molecule has 0 radical (unpaired) electrons. The van der Waals surface area contributed by atoms with Crippen molar-refractivity contribution in [2.45, 2.75) is 12.6 Å². The van der Waals surface area contributed by atoms with Gasteiger partial charge >= 0.3 is 6.18 Å². The van der Waals surface area contributed by atoms with Gasteiger partial charge in [0, 0.05) is 16.7 Å². The van der Waals surface area contributed by atoms with Crippen LogP contribution in [0.4, 0.5) is 23.2 Å². The Morgan fingerprint density at radius 1 is 1.05 bits per heavy atom. The number of rotatable bonds is 4. The summed E-state index contributed by atoms with van der Waals surface area (Å²) < 4.78 is 52.2. The highest BCUT2D eigenvalue weighted by atomic mass is 79.9. The molecule has 0 saturated carbocycles. The van der Waals surface area contributed by atoms with E-state index in [2.05, 4.69) is 21.2 Å². The fraction of sp³-hybridized carbons (Fsp3) is 0.200. The third-order valence-corrected chi connectivity index (χ3v) is 3.40. The highest BCUT2D eigenvalue weighted by Gasteiger charge is 2.33. The van der Waals surface area contributed by atoms with E-state index in [0.29, 0.717) is 10.9 Å². The van der Waals surface area contributed by atoms with Crippen molar-refractivity contribution in [2.75, 3.05) is 11.9 Å². The number of benzene rings is 2. The average molecular weight is 362 g/mol. The van der Waals surface area contributed by atoms with Crippen molar-refractivity contribution >= 4 is 21.6 Å². The summed E-state index contributed by atoms with van der Waals surface area (Å²) in [5.74, 6) is -0.356. The standard InChI is InChI=1S/C15H12BrF4N/c16-11-4-5-13(15(18,19)20)14(9-11)21-7-6-10-2-1-3-12(17)8-10/h1-5,8-9,21H,6-7H2. The van der Waals surface area contributed by atoms with Gasteiger partial charge in [0.15, 0.2) is 0 Å². The fourth-order valence-electron chi connectivity index (χ4n) is 1.94. The lowest BCUT2D eigenvalue weighted by Gasteiger charge is -2.15. The molecular formula is C15H12BrF4N. The molecule has 21 heavy (non-hydrogen) atoms. The second-order valence-electron chi connectivity index (χ2n) is 4.49. The highest BCUT2D eigenvalue weighted by molar-refractivity contribution is 9.10. The van der Waals surface area contributed by atoms with Gasteiger partial charge in [-0.25, -0.2) is 4.39 Å². The lowest BCUT2D eigenvalue weighted by molar-refractivity contribution is -0.136. The molecule has 0 unspecified atom stereocenters. The molecule has 112 valence electrons. The largest absolute Gasteiger partial charge is 0.418 e. The molecule has 0 aliphatic heterocycles. The van der Waals surface area contributed by atoms with Crippen LogP contribution in [0.1, 0.15) is 11.1 Å². The van der Waals surface area contributed by atoms with Crippen LogP contribution >= 0.6 is 15.9 Å². The molecule has 0 fully saturated rings. The van der Waals surface area contributed by atoms with E-state index < -0.39 is 11.7 Å². The maximum Gasteiger partial charge on any atom is 0.418 e. The van der Waals surface area contributed by atoms with Crippen molar-refractivity contribution in [3.63, 3.8) is 0 Å². The van der Waals surface area contributed by atoms with E-state index in [-0.39, 0.29) is 18.0 Å². The number of halogens is 5. The van der Waals surface area contributed by atoms with E-state index in [9.17, 15) is 17.6 Å². The Kier molecular flexibility index (Phi) is 4.88. The Balaban J connectivity index is 2.08. The summed E-state index contributed by atoms with van der Waals surface area (Å²) in [6.07, 6.45) is -3.98.